The molecule has 0 aliphatic heterocycles. The minimum atomic E-state index is -1.08. The number of methoxy groups -OCH3 is 1. The van der Waals surface area contributed by atoms with Gasteiger partial charge in [-0.05, 0) is 6.08 Å². The minimum absolute atomic E-state index is 0.0282. The molecular weight excluding hydrogens is 206 g/mol. The number of hydrogen-bond donors (Lipinski definition) is 1. The second kappa shape index (κ2) is 4.52. The van der Waals surface area contributed by atoms with E-state index < -0.39 is 11.9 Å². The van der Waals surface area contributed by atoms with E-state index in [0.29, 0.717) is 5.01 Å². The smallest absolute Gasteiger partial charge is 0.355 e. The van der Waals surface area contributed by atoms with Crippen molar-refractivity contribution < 1.29 is 19.4 Å². The van der Waals surface area contributed by atoms with Gasteiger partial charge in [0.15, 0.2) is 5.69 Å². The van der Waals surface area contributed by atoms with Crippen molar-refractivity contribution in [3.05, 3.63) is 22.2 Å². The Balaban J connectivity index is 2.73. The fourth-order valence-corrected chi connectivity index (χ4v) is 1.35. The van der Waals surface area contributed by atoms with Crippen molar-refractivity contribution in [3.8, 4) is 0 Å². The topological polar surface area (TPSA) is 76.5 Å². The molecule has 0 radical (unpaired) electrons. The number of hydrogen-bond acceptors (Lipinski definition) is 5. The van der Waals surface area contributed by atoms with Crippen LogP contribution in [0, 0.1) is 0 Å². The number of carboxylic acid groups (broad SMARTS) is 1. The van der Waals surface area contributed by atoms with Gasteiger partial charge in [-0.25, -0.2) is 14.6 Å². The molecule has 1 heterocycles. The summed E-state index contributed by atoms with van der Waals surface area (Å²) in [7, 11) is 1.26. The highest BCUT2D eigenvalue weighted by Gasteiger charge is 2.06. The third-order valence-electron chi connectivity index (χ3n) is 1.30. The molecule has 0 atom stereocenters. The van der Waals surface area contributed by atoms with Crippen LogP contribution < -0.4 is 0 Å². The summed E-state index contributed by atoms with van der Waals surface area (Å²) in [6.07, 6.45) is 2.59. The molecule has 14 heavy (non-hydrogen) atoms. The van der Waals surface area contributed by atoms with Gasteiger partial charge in [-0.15, -0.1) is 11.3 Å². The summed E-state index contributed by atoms with van der Waals surface area (Å²) in [6, 6.07) is 0. The Bertz CT molecular complexity index is 382. The van der Waals surface area contributed by atoms with E-state index in [1.54, 1.807) is 0 Å². The average molecular weight is 213 g/mol. The van der Waals surface area contributed by atoms with Gasteiger partial charge in [0.25, 0.3) is 0 Å². The number of rotatable bonds is 3. The van der Waals surface area contributed by atoms with Crippen molar-refractivity contribution in [3.63, 3.8) is 0 Å². The van der Waals surface area contributed by atoms with E-state index in [1.165, 1.54) is 24.6 Å². The molecule has 0 aliphatic rings. The van der Waals surface area contributed by atoms with Crippen LogP contribution in [0.2, 0.25) is 0 Å². The molecule has 1 N–H and O–H groups in total. The van der Waals surface area contributed by atoms with Gasteiger partial charge in [-0.1, -0.05) is 0 Å². The fourth-order valence-electron chi connectivity index (χ4n) is 0.670. The molecule has 0 aromatic carbocycles. The maximum absolute atomic E-state index is 10.7. The fraction of sp³-hybridized carbons (Fsp3) is 0.125. The van der Waals surface area contributed by atoms with Crippen LogP contribution in [0.4, 0.5) is 0 Å². The molecular formula is C8H7NO4S. The molecule has 1 aromatic heterocycles. The summed E-state index contributed by atoms with van der Waals surface area (Å²) >= 11 is 1.14. The van der Waals surface area contributed by atoms with E-state index in [2.05, 4.69) is 9.72 Å². The molecule has 6 heteroatoms. The first-order valence-electron chi connectivity index (χ1n) is 3.58. The van der Waals surface area contributed by atoms with Gasteiger partial charge in [0.1, 0.15) is 5.01 Å². The molecule has 0 spiro atoms. The van der Waals surface area contributed by atoms with Crippen LogP contribution in [0.25, 0.3) is 6.08 Å². The van der Waals surface area contributed by atoms with Gasteiger partial charge in [0, 0.05) is 11.5 Å². The lowest BCUT2D eigenvalue weighted by atomic mass is 10.5. The van der Waals surface area contributed by atoms with E-state index in [-0.39, 0.29) is 5.69 Å². The Kier molecular flexibility index (Phi) is 3.35. The number of aromatic carboxylic acids is 1. The lowest BCUT2D eigenvalue weighted by molar-refractivity contribution is -0.134. The van der Waals surface area contributed by atoms with Gasteiger partial charge < -0.3 is 9.84 Å². The Morgan fingerprint density at radius 2 is 2.36 bits per heavy atom. The number of carboxylic acids is 1. The molecule has 0 bridgehead atoms. The van der Waals surface area contributed by atoms with Crippen molar-refractivity contribution in [1.82, 2.24) is 4.98 Å². The third kappa shape index (κ3) is 2.67. The normalized spacial score (nSPS) is 10.4. The first-order chi connectivity index (χ1) is 6.63. The molecule has 0 saturated carbocycles. The van der Waals surface area contributed by atoms with Gasteiger partial charge in [0.2, 0.25) is 0 Å². The number of ether oxygens (including phenoxy) is 1. The van der Waals surface area contributed by atoms with Crippen molar-refractivity contribution in [2.75, 3.05) is 7.11 Å². The lowest BCUT2D eigenvalue weighted by Crippen LogP contribution is -1.96. The van der Waals surface area contributed by atoms with Gasteiger partial charge >= 0.3 is 11.9 Å². The summed E-state index contributed by atoms with van der Waals surface area (Å²) in [4.78, 5) is 24.9. The molecule has 0 aliphatic carbocycles. The van der Waals surface area contributed by atoms with Crippen LogP contribution in [-0.2, 0) is 9.53 Å². The lowest BCUT2D eigenvalue weighted by Gasteiger charge is -1.87. The van der Waals surface area contributed by atoms with Gasteiger partial charge in [0.05, 0.1) is 7.11 Å². The highest BCUT2D eigenvalue weighted by atomic mass is 32.1. The number of carbonyl (C=O) groups excluding carboxylic acids is 1. The van der Waals surface area contributed by atoms with Crippen LogP contribution in [0.5, 0.6) is 0 Å². The first-order valence-corrected chi connectivity index (χ1v) is 4.46. The number of esters is 1. The molecule has 5 nitrogen and oxygen atoms in total. The van der Waals surface area contributed by atoms with Gasteiger partial charge in [-0.3, -0.25) is 0 Å². The van der Waals surface area contributed by atoms with Crippen LogP contribution in [0.15, 0.2) is 11.5 Å². The average Bonchev–Trinajstić information content (AvgIpc) is 2.62. The van der Waals surface area contributed by atoms with Crippen LogP contribution in [-0.4, -0.2) is 29.1 Å². The standard InChI is InChI=1S/C8H7NO4S/c1-13-7(10)3-2-6-9-5(4-14-6)8(11)12/h2-4H,1H3,(H,11,12). The summed E-state index contributed by atoms with van der Waals surface area (Å²) in [5.74, 6) is -1.59. The van der Waals surface area contributed by atoms with Crippen LogP contribution >= 0.6 is 11.3 Å². The van der Waals surface area contributed by atoms with E-state index in [1.807, 2.05) is 0 Å². The highest BCUT2D eigenvalue weighted by Crippen LogP contribution is 2.11. The SMILES string of the molecule is COC(=O)C=Cc1nc(C(=O)O)cs1. The van der Waals surface area contributed by atoms with Crippen molar-refractivity contribution >= 4 is 29.4 Å². The van der Waals surface area contributed by atoms with E-state index in [9.17, 15) is 9.59 Å². The summed E-state index contributed by atoms with van der Waals surface area (Å²) in [6.45, 7) is 0. The monoisotopic (exact) mass is 213 g/mol. The zero-order valence-electron chi connectivity index (χ0n) is 7.26. The maximum atomic E-state index is 10.7. The molecule has 0 saturated heterocycles. The van der Waals surface area contributed by atoms with Crippen molar-refractivity contribution in [1.29, 1.82) is 0 Å². The van der Waals surface area contributed by atoms with Crippen molar-refractivity contribution in [2.45, 2.75) is 0 Å². The predicted octanol–water partition coefficient (Wildman–Crippen LogP) is 1.03. The minimum Gasteiger partial charge on any atom is -0.476 e. The Morgan fingerprint density at radius 3 is 2.86 bits per heavy atom. The number of aromatic nitrogens is 1. The Labute approximate surface area is 83.7 Å². The quantitative estimate of drug-likeness (QED) is 0.599. The van der Waals surface area contributed by atoms with Crippen LogP contribution in [0.1, 0.15) is 15.5 Å². The highest BCUT2D eigenvalue weighted by molar-refractivity contribution is 7.10. The zero-order valence-corrected chi connectivity index (χ0v) is 8.08. The Hall–Kier alpha value is -1.69. The van der Waals surface area contributed by atoms with Crippen LogP contribution in [0.3, 0.4) is 0 Å². The third-order valence-corrected chi connectivity index (χ3v) is 2.11. The summed E-state index contributed by atoms with van der Waals surface area (Å²) < 4.78 is 4.36. The van der Waals surface area contributed by atoms with Gasteiger partial charge in [-0.2, -0.15) is 0 Å². The second-order valence-corrected chi connectivity index (χ2v) is 3.12. The van der Waals surface area contributed by atoms with Crippen molar-refractivity contribution in [2.24, 2.45) is 0 Å². The zero-order chi connectivity index (χ0) is 10.6. The number of thiazole rings is 1. The van der Waals surface area contributed by atoms with E-state index in [0.717, 1.165) is 11.3 Å². The molecule has 74 valence electrons. The number of carbonyl (C=O) groups is 2. The molecule has 1 aromatic rings. The van der Waals surface area contributed by atoms with E-state index in [4.69, 9.17) is 5.11 Å². The first kappa shape index (κ1) is 10.4. The van der Waals surface area contributed by atoms with E-state index >= 15 is 0 Å². The molecule has 0 amide bonds. The largest absolute Gasteiger partial charge is 0.476 e. The second-order valence-electron chi connectivity index (χ2n) is 2.23. The maximum Gasteiger partial charge on any atom is 0.355 e. The summed E-state index contributed by atoms with van der Waals surface area (Å²) in [5, 5.41) is 10.4. The molecule has 0 fully saturated rings. The number of nitrogens with zero attached hydrogens (tertiary/aromatic N) is 1. The Morgan fingerprint density at radius 1 is 1.64 bits per heavy atom. The molecule has 1 rings (SSSR count). The summed E-state index contributed by atoms with van der Waals surface area (Å²) in [5.41, 5.74) is -0.0282. The molecule has 0 unspecified atom stereocenters. The predicted molar refractivity (Wildman–Crippen MR) is 50.1 cm³/mol.